The van der Waals surface area contributed by atoms with Gasteiger partial charge in [0, 0.05) is 30.8 Å². The van der Waals surface area contributed by atoms with E-state index in [2.05, 4.69) is 10.6 Å². The second-order valence-corrected chi connectivity index (χ2v) is 3.87. The smallest absolute Gasteiger partial charge is 0.251 e. The number of hydrogen-bond acceptors (Lipinski definition) is 3. The Balaban J connectivity index is 2.67. The maximum atomic E-state index is 11.7. The Morgan fingerprint density at radius 1 is 1.29 bits per heavy atom. The molecular formula is C12H17N3O2. The Bertz CT molecular complexity index is 401. The van der Waals surface area contributed by atoms with E-state index in [1.165, 1.54) is 6.92 Å². The van der Waals surface area contributed by atoms with Crippen LogP contribution in [0.5, 0.6) is 0 Å². The molecule has 5 nitrogen and oxygen atoms in total. The molecule has 0 aliphatic rings. The van der Waals surface area contributed by atoms with E-state index in [4.69, 9.17) is 5.73 Å². The molecule has 1 aromatic carbocycles. The van der Waals surface area contributed by atoms with Gasteiger partial charge in [-0.1, -0.05) is 0 Å². The molecule has 0 aromatic heterocycles. The highest BCUT2D eigenvalue weighted by Gasteiger charge is 2.08. The zero-order valence-corrected chi connectivity index (χ0v) is 9.99. The number of amides is 2. The van der Waals surface area contributed by atoms with Crippen molar-refractivity contribution in [3.63, 3.8) is 0 Å². The molecule has 2 amide bonds. The quantitative estimate of drug-likeness (QED) is 0.719. The predicted octanol–water partition coefficient (Wildman–Crippen LogP) is 0.722. The van der Waals surface area contributed by atoms with Crippen LogP contribution in [0.25, 0.3) is 0 Å². The Kier molecular flexibility index (Phi) is 4.66. The highest BCUT2D eigenvalue weighted by Crippen LogP contribution is 2.09. The van der Waals surface area contributed by atoms with E-state index >= 15 is 0 Å². The molecule has 0 aliphatic heterocycles. The minimum atomic E-state index is -0.169. The average molecular weight is 235 g/mol. The fourth-order valence-corrected chi connectivity index (χ4v) is 1.27. The third-order valence-electron chi connectivity index (χ3n) is 2.20. The first-order valence-corrected chi connectivity index (χ1v) is 5.41. The second-order valence-electron chi connectivity index (χ2n) is 3.87. The number of benzene rings is 1. The lowest BCUT2D eigenvalue weighted by molar-refractivity contribution is -0.114. The molecule has 0 saturated heterocycles. The molecule has 0 spiro atoms. The maximum Gasteiger partial charge on any atom is 0.251 e. The zero-order chi connectivity index (χ0) is 12.8. The van der Waals surface area contributed by atoms with E-state index < -0.39 is 0 Å². The van der Waals surface area contributed by atoms with Crippen molar-refractivity contribution in [1.82, 2.24) is 5.32 Å². The minimum Gasteiger partial charge on any atom is -0.348 e. The van der Waals surface area contributed by atoms with Gasteiger partial charge in [-0.25, -0.2) is 0 Å². The molecule has 0 bridgehead atoms. The predicted molar refractivity (Wildman–Crippen MR) is 66.7 cm³/mol. The molecule has 92 valence electrons. The molecular weight excluding hydrogens is 218 g/mol. The van der Waals surface area contributed by atoms with Gasteiger partial charge in [-0.3, -0.25) is 9.59 Å². The van der Waals surface area contributed by atoms with Crippen LogP contribution in [0.15, 0.2) is 24.3 Å². The molecule has 1 atom stereocenters. The monoisotopic (exact) mass is 235 g/mol. The lowest BCUT2D eigenvalue weighted by Crippen LogP contribution is -2.37. The van der Waals surface area contributed by atoms with E-state index in [0.29, 0.717) is 17.8 Å². The van der Waals surface area contributed by atoms with Crippen molar-refractivity contribution < 1.29 is 9.59 Å². The van der Waals surface area contributed by atoms with Crippen LogP contribution in [0, 0.1) is 0 Å². The summed E-state index contributed by atoms with van der Waals surface area (Å²) in [5.74, 6) is -0.309. The summed E-state index contributed by atoms with van der Waals surface area (Å²) in [6.07, 6.45) is 0. The van der Waals surface area contributed by atoms with Crippen LogP contribution in [0.4, 0.5) is 5.69 Å². The highest BCUT2D eigenvalue weighted by molar-refractivity contribution is 5.95. The van der Waals surface area contributed by atoms with Crippen molar-refractivity contribution in [2.45, 2.75) is 19.9 Å². The van der Waals surface area contributed by atoms with E-state index in [9.17, 15) is 9.59 Å². The molecule has 1 rings (SSSR count). The Morgan fingerprint density at radius 2 is 1.88 bits per heavy atom. The van der Waals surface area contributed by atoms with Crippen molar-refractivity contribution in [3.05, 3.63) is 29.8 Å². The first-order valence-electron chi connectivity index (χ1n) is 5.41. The zero-order valence-electron chi connectivity index (χ0n) is 9.99. The van der Waals surface area contributed by atoms with Crippen LogP contribution in [0.3, 0.4) is 0 Å². The van der Waals surface area contributed by atoms with Gasteiger partial charge < -0.3 is 16.4 Å². The largest absolute Gasteiger partial charge is 0.348 e. The van der Waals surface area contributed by atoms with Gasteiger partial charge in [-0.2, -0.15) is 0 Å². The van der Waals surface area contributed by atoms with E-state index in [1.807, 2.05) is 6.92 Å². The Hall–Kier alpha value is -1.88. The first kappa shape index (κ1) is 13.2. The van der Waals surface area contributed by atoms with Crippen LogP contribution in [-0.4, -0.2) is 24.4 Å². The summed E-state index contributed by atoms with van der Waals surface area (Å²) in [4.78, 5) is 22.5. The Labute approximate surface area is 100 Å². The van der Waals surface area contributed by atoms with Crippen molar-refractivity contribution in [3.8, 4) is 0 Å². The molecule has 0 aliphatic carbocycles. The number of carbonyl (C=O) groups is 2. The summed E-state index contributed by atoms with van der Waals surface area (Å²) in [6.45, 7) is 3.67. The third-order valence-corrected chi connectivity index (χ3v) is 2.20. The number of nitrogens with two attached hydrogens (primary N) is 1. The lowest BCUT2D eigenvalue weighted by Gasteiger charge is -2.11. The molecule has 0 saturated carbocycles. The van der Waals surface area contributed by atoms with E-state index in [0.717, 1.165) is 0 Å². The van der Waals surface area contributed by atoms with Gasteiger partial charge in [0.1, 0.15) is 0 Å². The second kappa shape index (κ2) is 6.00. The lowest BCUT2D eigenvalue weighted by atomic mass is 10.2. The Morgan fingerprint density at radius 3 is 2.35 bits per heavy atom. The normalized spacial score (nSPS) is 11.7. The van der Waals surface area contributed by atoms with Crippen molar-refractivity contribution >= 4 is 17.5 Å². The van der Waals surface area contributed by atoms with Gasteiger partial charge in [0.05, 0.1) is 0 Å². The topological polar surface area (TPSA) is 84.2 Å². The van der Waals surface area contributed by atoms with Crippen LogP contribution in [0.2, 0.25) is 0 Å². The minimum absolute atomic E-state index is 0.0579. The molecule has 0 heterocycles. The van der Waals surface area contributed by atoms with Gasteiger partial charge in [0.2, 0.25) is 5.91 Å². The summed E-state index contributed by atoms with van der Waals surface area (Å²) in [5.41, 5.74) is 6.62. The summed E-state index contributed by atoms with van der Waals surface area (Å²) in [7, 11) is 0. The molecule has 0 radical (unpaired) electrons. The molecule has 5 heteroatoms. The standard InChI is InChI=1S/C12H17N3O2/c1-8(7-13)14-12(17)10-3-5-11(6-4-10)15-9(2)16/h3-6,8H,7,13H2,1-2H3,(H,14,17)(H,15,16)/t8-/m0/s1. The fourth-order valence-electron chi connectivity index (χ4n) is 1.27. The first-order chi connectivity index (χ1) is 8.02. The van der Waals surface area contributed by atoms with Gasteiger partial charge in [-0.05, 0) is 31.2 Å². The number of nitrogens with one attached hydrogen (secondary N) is 2. The van der Waals surface area contributed by atoms with Crippen LogP contribution in [-0.2, 0) is 4.79 Å². The van der Waals surface area contributed by atoms with Crippen LogP contribution >= 0.6 is 0 Å². The average Bonchev–Trinajstić information content (AvgIpc) is 2.28. The number of anilines is 1. The molecule has 0 unspecified atom stereocenters. The fraction of sp³-hybridized carbons (Fsp3) is 0.333. The molecule has 1 aromatic rings. The maximum absolute atomic E-state index is 11.7. The van der Waals surface area contributed by atoms with Crippen molar-refractivity contribution in [2.75, 3.05) is 11.9 Å². The summed E-state index contributed by atoms with van der Waals surface area (Å²) in [5, 5.41) is 5.39. The van der Waals surface area contributed by atoms with E-state index in [1.54, 1.807) is 24.3 Å². The summed E-state index contributed by atoms with van der Waals surface area (Å²) < 4.78 is 0. The van der Waals surface area contributed by atoms with Gasteiger partial charge in [0.25, 0.3) is 5.91 Å². The third kappa shape index (κ3) is 4.24. The van der Waals surface area contributed by atoms with Crippen LogP contribution in [0.1, 0.15) is 24.2 Å². The van der Waals surface area contributed by atoms with Gasteiger partial charge in [-0.15, -0.1) is 0 Å². The SMILES string of the molecule is CC(=O)Nc1ccc(C(=O)N[C@@H](C)CN)cc1. The van der Waals surface area contributed by atoms with Crippen LogP contribution < -0.4 is 16.4 Å². The van der Waals surface area contributed by atoms with Gasteiger partial charge in [0.15, 0.2) is 0 Å². The van der Waals surface area contributed by atoms with E-state index in [-0.39, 0.29) is 17.9 Å². The summed E-state index contributed by atoms with van der Waals surface area (Å²) >= 11 is 0. The number of carbonyl (C=O) groups excluding carboxylic acids is 2. The number of rotatable bonds is 4. The highest BCUT2D eigenvalue weighted by atomic mass is 16.2. The summed E-state index contributed by atoms with van der Waals surface area (Å²) in [6, 6.07) is 6.62. The number of hydrogen-bond donors (Lipinski definition) is 3. The van der Waals surface area contributed by atoms with Gasteiger partial charge >= 0.3 is 0 Å². The molecule has 0 fully saturated rings. The van der Waals surface area contributed by atoms with Crippen molar-refractivity contribution in [1.29, 1.82) is 0 Å². The van der Waals surface area contributed by atoms with Crippen molar-refractivity contribution in [2.24, 2.45) is 5.73 Å². The molecule has 4 N–H and O–H groups in total. The molecule has 17 heavy (non-hydrogen) atoms.